The van der Waals surface area contributed by atoms with Gasteiger partial charge in [-0.3, -0.25) is 9.59 Å². The van der Waals surface area contributed by atoms with Gasteiger partial charge in [-0.2, -0.15) is 0 Å². The van der Waals surface area contributed by atoms with Crippen LogP contribution in [0.15, 0.2) is 11.6 Å². The number of ether oxygens (including phenoxy) is 7. The molecule has 0 radical (unpaired) electrons. The van der Waals surface area contributed by atoms with Crippen molar-refractivity contribution in [1.29, 1.82) is 0 Å². The number of hydrogen-bond acceptors (Lipinski definition) is 21. The Bertz CT molecular complexity index is 1940. The third-order valence-corrected chi connectivity index (χ3v) is 19.9. The summed E-state index contributed by atoms with van der Waals surface area (Å²) in [6.45, 7) is 8.19. The van der Waals surface area contributed by atoms with Crippen LogP contribution in [0, 0.1) is 50.2 Å². The molecule has 25 atom stereocenters. The maximum Gasteiger partial charge on any atom is 0.315 e. The molecule has 21 nitrogen and oxygen atoms in total. The number of carbonyl (C=O) groups excluding carboxylic acids is 2. The Hall–Kier alpha value is -2.00. The van der Waals surface area contributed by atoms with E-state index in [9.17, 15) is 70.9 Å². The van der Waals surface area contributed by atoms with Crippen LogP contribution in [0.25, 0.3) is 0 Å². The average molecular weight is 1000 g/mol. The zero-order valence-electron chi connectivity index (χ0n) is 41.0. The summed E-state index contributed by atoms with van der Waals surface area (Å²) in [4.78, 5) is 28.3. The van der Waals surface area contributed by atoms with Crippen LogP contribution in [0.5, 0.6) is 0 Å². The summed E-state index contributed by atoms with van der Waals surface area (Å²) in [7, 11) is 1.35. The van der Waals surface area contributed by atoms with E-state index in [1.54, 1.807) is 0 Å². The van der Waals surface area contributed by atoms with Gasteiger partial charge in [0.2, 0.25) is 6.29 Å². The second-order valence-corrected chi connectivity index (χ2v) is 23.2. The number of aliphatic hydroxyl groups is 12. The van der Waals surface area contributed by atoms with Crippen molar-refractivity contribution in [2.24, 2.45) is 50.2 Å². The molecule has 3 aliphatic heterocycles. The second-order valence-electron chi connectivity index (χ2n) is 23.2. The van der Waals surface area contributed by atoms with Gasteiger partial charge in [-0.25, -0.2) is 0 Å². The predicted molar refractivity (Wildman–Crippen MR) is 238 cm³/mol. The van der Waals surface area contributed by atoms with E-state index >= 15 is 0 Å². The van der Waals surface area contributed by atoms with Gasteiger partial charge in [-0.1, -0.05) is 39.3 Å². The third kappa shape index (κ3) is 8.24. The Morgan fingerprint density at radius 2 is 1.17 bits per heavy atom. The SMILES string of the molecule is COC(=O)C1(C)CCC2(C(=O)OC3OC(CO)C(O)C(O)C3O)CCC3(C)C(=CCC4C5(C)CCC(OC6OC(CO)C(O)C(OC7OC(CO)C(O)C(O)C7O)C6O)C(C)(CO)C5CCC43C)C2C1. The first-order valence-electron chi connectivity index (χ1n) is 25.1. The van der Waals surface area contributed by atoms with Crippen LogP contribution >= 0.6 is 0 Å². The number of methoxy groups -OCH3 is 1. The van der Waals surface area contributed by atoms with Gasteiger partial charge < -0.3 is 94.4 Å². The van der Waals surface area contributed by atoms with E-state index in [0.29, 0.717) is 51.4 Å². The van der Waals surface area contributed by atoms with Gasteiger partial charge in [0, 0.05) is 5.41 Å². The Morgan fingerprint density at radius 1 is 0.614 bits per heavy atom. The number of allylic oxidation sites excluding steroid dienone is 2. The van der Waals surface area contributed by atoms with Crippen molar-refractivity contribution in [1.82, 2.24) is 0 Å². The molecular weight excluding hydrogens is 925 g/mol. The zero-order valence-corrected chi connectivity index (χ0v) is 41.0. The van der Waals surface area contributed by atoms with E-state index in [0.717, 1.165) is 5.57 Å². The van der Waals surface area contributed by atoms with Crippen molar-refractivity contribution in [3.05, 3.63) is 11.6 Å². The Morgan fingerprint density at radius 3 is 1.76 bits per heavy atom. The highest BCUT2D eigenvalue weighted by molar-refractivity contribution is 5.81. The van der Waals surface area contributed by atoms with Crippen LogP contribution in [-0.4, -0.2) is 205 Å². The Labute approximate surface area is 407 Å². The molecule has 3 heterocycles. The predicted octanol–water partition coefficient (Wildman–Crippen LogP) is -1.73. The lowest BCUT2D eigenvalue weighted by atomic mass is 9.33. The van der Waals surface area contributed by atoms with E-state index in [2.05, 4.69) is 26.8 Å². The van der Waals surface area contributed by atoms with Crippen molar-refractivity contribution >= 4 is 11.9 Å². The average Bonchev–Trinajstić information content (AvgIpc) is 3.34. The van der Waals surface area contributed by atoms with Crippen molar-refractivity contribution in [3.63, 3.8) is 0 Å². The standard InChI is InChI=1S/C49H78O21/c1-44(42(62)64-6)13-15-49(43(63)70-40-36(60)34(58)31(55)25(19-51)66-40)16-14-47(4)22(23(49)17-44)7-8-28-45(2)11-10-29(46(3,21-53)27(45)9-12-48(28,47)5)68-41-37(61)38(32(56)26(20-52)67-41)69-39-35(59)33(57)30(54)24(18-50)65-39/h7,23-41,50-61H,8-21H2,1-6H3. The fourth-order valence-electron chi connectivity index (χ4n) is 15.3. The van der Waals surface area contributed by atoms with Crippen LogP contribution in [0.1, 0.15) is 98.8 Å². The number of esters is 2. The van der Waals surface area contributed by atoms with E-state index in [1.165, 1.54) is 7.11 Å². The Kier molecular flexibility index (Phi) is 15.2. The molecule has 0 aromatic rings. The van der Waals surface area contributed by atoms with Crippen molar-refractivity contribution in [3.8, 4) is 0 Å². The first kappa shape index (κ1) is 54.3. The second kappa shape index (κ2) is 19.6. The van der Waals surface area contributed by atoms with Gasteiger partial charge in [-0.05, 0) is 105 Å². The van der Waals surface area contributed by atoms with Crippen molar-refractivity contribution in [2.45, 2.75) is 197 Å². The minimum absolute atomic E-state index is 0.0604. The van der Waals surface area contributed by atoms with Crippen LogP contribution in [0.4, 0.5) is 0 Å². The molecule has 12 N–H and O–H groups in total. The number of fused-ring (bicyclic) bond motifs is 7. The Balaban J connectivity index is 1.06. The number of carbonyl (C=O) groups is 2. The molecule has 4 saturated carbocycles. The van der Waals surface area contributed by atoms with E-state index in [1.807, 2.05) is 13.8 Å². The summed E-state index contributed by atoms with van der Waals surface area (Å²) in [5.41, 5.74) is -3.19. The fourth-order valence-corrected chi connectivity index (χ4v) is 15.3. The number of aliphatic hydroxyl groups excluding tert-OH is 12. The molecule has 5 aliphatic carbocycles. The molecule has 8 aliphatic rings. The van der Waals surface area contributed by atoms with Gasteiger partial charge in [0.1, 0.15) is 73.2 Å². The highest BCUT2D eigenvalue weighted by atomic mass is 16.7. The monoisotopic (exact) mass is 1000 g/mol. The summed E-state index contributed by atoms with van der Waals surface area (Å²) < 4.78 is 40.8. The fraction of sp³-hybridized carbons (Fsp3) is 0.918. The molecule has 0 amide bonds. The minimum Gasteiger partial charge on any atom is -0.469 e. The van der Waals surface area contributed by atoms with Gasteiger partial charge in [0.15, 0.2) is 12.6 Å². The smallest absolute Gasteiger partial charge is 0.315 e. The quantitative estimate of drug-likeness (QED) is 0.0621. The third-order valence-electron chi connectivity index (χ3n) is 19.9. The van der Waals surface area contributed by atoms with Crippen molar-refractivity contribution < 1.29 is 104 Å². The molecule has 21 heteroatoms. The van der Waals surface area contributed by atoms with Gasteiger partial charge in [-0.15, -0.1) is 0 Å². The molecule has 0 aromatic carbocycles. The van der Waals surface area contributed by atoms with E-state index in [4.69, 9.17) is 33.2 Å². The number of hydrogen-bond donors (Lipinski definition) is 12. The largest absolute Gasteiger partial charge is 0.469 e. The van der Waals surface area contributed by atoms with E-state index in [-0.39, 0.29) is 42.1 Å². The summed E-state index contributed by atoms with van der Waals surface area (Å²) in [5, 5.41) is 127. The lowest BCUT2D eigenvalue weighted by Gasteiger charge is -2.71. The molecular formula is C49H78O21. The molecule has 7 fully saturated rings. The molecule has 25 unspecified atom stereocenters. The molecule has 3 saturated heterocycles. The molecule has 400 valence electrons. The molecule has 0 bridgehead atoms. The van der Waals surface area contributed by atoms with Gasteiger partial charge in [0.25, 0.3) is 0 Å². The minimum atomic E-state index is -1.84. The summed E-state index contributed by atoms with van der Waals surface area (Å²) in [5.74, 6) is -1.61. The van der Waals surface area contributed by atoms with Crippen LogP contribution in [-0.2, 0) is 42.7 Å². The highest BCUT2D eigenvalue weighted by Crippen LogP contribution is 2.76. The lowest BCUT2D eigenvalue weighted by molar-refractivity contribution is -0.370. The lowest BCUT2D eigenvalue weighted by Crippen LogP contribution is -2.67. The number of rotatable bonds is 11. The zero-order chi connectivity index (χ0) is 51.3. The first-order valence-corrected chi connectivity index (χ1v) is 25.1. The maximum absolute atomic E-state index is 14.8. The van der Waals surface area contributed by atoms with Gasteiger partial charge >= 0.3 is 11.9 Å². The molecule has 0 aromatic heterocycles. The van der Waals surface area contributed by atoms with Gasteiger partial charge in [0.05, 0.1) is 50.5 Å². The summed E-state index contributed by atoms with van der Waals surface area (Å²) in [6.07, 6.45) is -18.0. The van der Waals surface area contributed by atoms with Crippen LogP contribution in [0.2, 0.25) is 0 Å². The molecule has 70 heavy (non-hydrogen) atoms. The van der Waals surface area contributed by atoms with Crippen LogP contribution < -0.4 is 0 Å². The normalized spacial score (nSPS) is 53.6. The van der Waals surface area contributed by atoms with Crippen molar-refractivity contribution in [2.75, 3.05) is 33.5 Å². The molecule has 8 rings (SSSR count). The topological polar surface area (TPSA) is 342 Å². The highest BCUT2D eigenvalue weighted by Gasteiger charge is 2.71. The van der Waals surface area contributed by atoms with E-state index < -0.39 is 158 Å². The summed E-state index contributed by atoms with van der Waals surface area (Å²) >= 11 is 0. The molecule has 0 spiro atoms. The maximum atomic E-state index is 14.8. The summed E-state index contributed by atoms with van der Waals surface area (Å²) in [6, 6.07) is 0. The van der Waals surface area contributed by atoms with Crippen LogP contribution in [0.3, 0.4) is 0 Å². The first-order chi connectivity index (χ1) is 32.9.